The minimum absolute atomic E-state index is 0.249. The quantitative estimate of drug-likeness (QED) is 0.672. The topological polar surface area (TPSA) is 84.7 Å². The molecule has 0 aliphatic carbocycles. The van der Waals surface area contributed by atoms with Crippen LogP contribution < -0.4 is 4.90 Å². The van der Waals surface area contributed by atoms with E-state index in [-0.39, 0.29) is 24.2 Å². The second-order valence-electron chi connectivity index (χ2n) is 7.93. The first-order valence-corrected chi connectivity index (χ1v) is 9.86. The minimum atomic E-state index is -4.82. The van der Waals surface area contributed by atoms with Crippen LogP contribution in [-0.2, 0) is 11.0 Å². The van der Waals surface area contributed by atoms with Crippen molar-refractivity contribution in [3.05, 3.63) is 65.2 Å². The van der Waals surface area contributed by atoms with Crippen LogP contribution in [0.3, 0.4) is 0 Å². The van der Waals surface area contributed by atoms with Crippen molar-refractivity contribution in [1.29, 1.82) is 5.26 Å². The summed E-state index contributed by atoms with van der Waals surface area (Å²) in [5.74, 6) is -0.930. The predicted molar refractivity (Wildman–Crippen MR) is 104 cm³/mol. The lowest BCUT2D eigenvalue weighted by Gasteiger charge is -2.34. The minimum Gasteiger partial charge on any atom is -0.331 e. The van der Waals surface area contributed by atoms with Gasteiger partial charge in [0, 0.05) is 12.1 Å². The Balaban J connectivity index is 1.47. The zero-order chi connectivity index (χ0) is 22.8. The van der Waals surface area contributed by atoms with E-state index in [1.165, 1.54) is 11.0 Å². The van der Waals surface area contributed by atoms with Crippen molar-refractivity contribution in [2.75, 3.05) is 11.4 Å². The highest BCUT2D eigenvalue weighted by atomic mass is 19.4. The van der Waals surface area contributed by atoms with Gasteiger partial charge in [0.15, 0.2) is 0 Å². The number of imide groups is 1. The molecule has 0 unspecified atom stereocenters. The summed E-state index contributed by atoms with van der Waals surface area (Å²) in [5, 5.41) is 8.98. The average molecular weight is 440 g/mol. The average Bonchev–Trinajstić information content (AvgIpc) is 3.44. The largest absolute Gasteiger partial charge is 0.417 e. The molecule has 2 aromatic carbocycles. The number of fused-ring (bicyclic) bond motifs is 5. The molecule has 0 N–H and O–H groups in total. The number of halogens is 3. The number of amides is 4. The maximum absolute atomic E-state index is 13.4. The Labute approximate surface area is 180 Å². The Morgan fingerprint density at radius 1 is 1.09 bits per heavy atom. The number of benzene rings is 2. The second-order valence-corrected chi connectivity index (χ2v) is 7.93. The number of anilines is 1. The van der Waals surface area contributed by atoms with E-state index in [1.54, 1.807) is 35.2 Å². The number of likely N-dealkylation sites (tertiary alicyclic amines) is 1. The molecule has 3 fully saturated rings. The first kappa shape index (κ1) is 20.1. The molecule has 2 aromatic rings. The second kappa shape index (κ2) is 6.82. The maximum atomic E-state index is 13.4. The van der Waals surface area contributed by atoms with Crippen LogP contribution >= 0.6 is 0 Å². The number of nitrogens with zero attached hydrogens (tertiary/aromatic N) is 4. The summed E-state index contributed by atoms with van der Waals surface area (Å²) in [6, 6.07) is 10.2. The highest BCUT2D eigenvalue weighted by Crippen LogP contribution is 2.43. The Morgan fingerprint density at radius 3 is 2.47 bits per heavy atom. The number of rotatable bonds is 2. The van der Waals surface area contributed by atoms with Crippen molar-refractivity contribution in [2.24, 2.45) is 0 Å². The fourth-order valence-corrected chi connectivity index (χ4v) is 4.88. The molecule has 5 rings (SSSR count). The lowest BCUT2D eigenvalue weighted by Crippen LogP contribution is -2.54. The number of carbonyl (C=O) groups is 3. The van der Waals surface area contributed by atoms with Gasteiger partial charge in [-0.2, -0.15) is 18.4 Å². The van der Waals surface area contributed by atoms with Crippen LogP contribution in [0.15, 0.2) is 48.5 Å². The number of piperazine rings is 1. The molecule has 2 bridgehead atoms. The van der Waals surface area contributed by atoms with E-state index < -0.39 is 41.3 Å². The van der Waals surface area contributed by atoms with Gasteiger partial charge in [0.25, 0.3) is 11.8 Å². The molecule has 32 heavy (non-hydrogen) atoms. The van der Waals surface area contributed by atoms with Crippen molar-refractivity contribution >= 4 is 23.5 Å². The van der Waals surface area contributed by atoms with Gasteiger partial charge in [-0.1, -0.05) is 18.2 Å². The van der Waals surface area contributed by atoms with Crippen LogP contribution in [0.1, 0.15) is 27.9 Å². The lowest BCUT2D eigenvalue weighted by molar-refractivity contribution is -0.137. The molecule has 4 amide bonds. The number of urea groups is 1. The zero-order valence-corrected chi connectivity index (χ0v) is 16.4. The van der Waals surface area contributed by atoms with Gasteiger partial charge >= 0.3 is 12.2 Å². The number of alkyl halides is 3. The summed E-state index contributed by atoms with van der Waals surface area (Å²) in [7, 11) is 0. The SMILES string of the molecule is N#Cc1ccc(N2C(=O)[C@H]3[C@@H]4C[C@@H](CN4C(=O)c4ccccc4)N3C2=O)cc1C(F)(F)F. The predicted octanol–water partition coefficient (Wildman–Crippen LogP) is 3.01. The summed E-state index contributed by atoms with van der Waals surface area (Å²) >= 11 is 0. The third-order valence-electron chi connectivity index (χ3n) is 6.23. The molecule has 0 aromatic heterocycles. The Bertz CT molecular complexity index is 1190. The highest BCUT2D eigenvalue weighted by Gasteiger charge is 2.63. The smallest absolute Gasteiger partial charge is 0.331 e. The zero-order valence-electron chi connectivity index (χ0n) is 16.4. The van der Waals surface area contributed by atoms with E-state index in [9.17, 15) is 27.6 Å². The standard InChI is InChI=1S/C22H15F3N4O3/c23-22(24,25)16-8-14(7-6-13(16)10-26)29-20(31)18-17-9-15(28(18)21(29)32)11-27(17)19(30)12-4-2-1-3-5-12/h1-8,15,17-18H,9,11H2/t15-,17-,18+/m0/s1. The van der Waals surface area contributed by atoms with Crippen molar-refractivity contribution in [3.8, 4) is 6.07 Å². The molecule has 3 saturated heterocycles. The van der Waals surface area contributed by atoms with E-state index in [0.29, 0.717) is 18.1 Å². The van der Waals surface area contributed by atoms with Crippen molar-refractivity contribution in [1.82, 2.24) is 9.80 Å². The number of hydrogen-bond acceptors (Lipinski definition) is 4. The van der Waals surface area contributed by atoms with Gasteiger partial charge in [-0.3, -0.25) is 9.59 Å². The van der Waals surface area contributed by atoms with Crippen molar-refractivity contribution < 1.29 is 27.6 Å². The van der Waals surface area contributed by atoms with Crippen molar-refractivity contribution in [3.63, 3.8) is 0 Å². The van der Waals surface area contributed by atoms with Crippen LogP contribution in [0, 0.1) is 11.3 Å². The van der Waals surface area contributed by atoms with Gasteiger partial charge < -0.3 is 9.80 Å². The Morgan fingerprint density at radius 2 is 1.81 bits per heavy atom. The van der Waals surface area contributed by atoms with E-state index in [4.69, 9.17) is 5.26 Å². The summed E-state index contributed by atoms with van der Waals surface area (Å²) < 4.78 is 40.1. The first-order valence-electron chi connectivity index (χ1n) is 9.86. The molecular weight excluding hydrogens is 425 g/mol. The summed E-state index contributed by atoms with van der Waals surface area (Å²) in [6.07, 6.45) is -4.38. The number of hydrogen-bond donors (Lipinski definition) is 0. The van der Waals surface area contributed by atoms with E-state index in [1.807, 2.05) is 0 Å². The van der Waals surface area contributed by atoms with Crippen LogP contribution in [0.5, 0.6) is 0 Å². The molecule has 0 saturated carbocycles. The van der Waals surface area contributed by atoms with Crippen molar-refractivity contribution in [2.45, 2.75) is 30.7 Å². The van der Waals surface area contributed by atoms with E-state index in [2.05, 4.69) is 0 Å². The van der Waals surface area contributed by atoms with Gasteiger partial charge in [0.2, 0.25) is 0 Å². The van der Waals surface area contributed by atoms with Gasteiger partial charge in [0.1, 0.15) is 6.04 Å². The molecule has 7 nitrogen and oxygen atoms in total. The van der Waals surface area contributed by atoms with Crippen LogP contribution in [0.2, 0.25) is 0 Å². The van der Waals surface area contributed by atoms with E-state index in [0.717, 1.165) is 17.0 Å². The monoisotopic (exact) mass is 440 g/mol. The number of carbonyl (C=O) groups excluding carboxylic acids is 3. The highest BCUT2D eigenvalue weighted by molar-refractivity contribution is 6.22. The Kier molecular flexibility index (Phi) is 4.27. The van der Waals surface area contributed by atoms with Gasteiger partial charge in [0.05, 0.1) is 35.0 Å². The van der Waals surface area contributed by atoms with Crippen LogP contribution in [0.4, 0.5) is 23.7 Å². The normalized spacial score (nSPS) is 24.2. The van der Waals surface area contributed by atoms with Gasteiger partial charge in [-0.25, -0.2) is 9.69 Å². The maximum Gasteiger partial charge on any atom is 0.417 e. The van der Waals surface area contributed by atoms with Gasteiger partial charge in [-0.15, -0.1) is 0 Å². The fraction of sp³-hybridized carbons (Fsp3) is 0.273. The summed E-state index contributed by atoms with van der Waals surface area (Å²) in [4.78, 5) is 42.8. The Hall–Kier alpha value is -3.87. The summed E-state index contributed by atoms with van der Waals surface area (Å²) in [6.45, 7) is 0.253. The summed E-state index contributed by atoms with van der Waals surface area (Å²) in [5.41, 5.74) is -1.60. The molecule has 10 heteroatoms. The van der Waals surface area contributed by atoms with Gasteiger partial charge in [-0.05, 0) is 36.8 Å². The lowest BCUT2D eigenvalue weighted by atomic mass is 10.1. The fourth-order valence-electron chi connectivity index (χ4n) is 4.88. The third-order valence-corrected chi connectivity index (χ3v) is 6.23. The van der Waals surface area contributed by atoms with Crippen LogP contribution in [-0.4, -0.2) is 52.3 Å². The third kappa shape index (κ3) is 2.77. The molecule has 3 atom stereocenters. The molecule has 3 aliphatic rings. The molecule has 162 valence electrons. The molecule has 3 aliphatic heterocycles. The van der Waals surface area contributed by atoms with E-state index >= 15 is 0 Å². The first-order chi connectivity index (χ1) is 15.2. The molecule has 0 radical (unpaired) electrons. The number of nitriles is 1. The molecular formula is C22H15F3N4O3. The molecule has 0 spiro atoms. The van der Waals surface area contributed by atoms with Crippen LogP contribution in [0.25, 0.3) is 0 Å². The molecule has 3 heterocycles.